The second-order valence-corrected chi connectivity index (χ2v) is 5.11. The molecule has 0 spiro atoms. The first-order valence-corrected chi connectivity index (χ1v) is 6.14. The summed E-state index contributed by atoms with van der Waals surface area (Å²) in [5.41, 5.74) is 0. The van der Waals surface area contributed by atoms with E-state index in [9.17, 15) is 4.79 Å². The number of hydrogen-bond acceptors (Lipinski definition) is 2. The predicted octanol–water partition coefficient (Wildman–Crippen LogP) is 1.24. The first kappa shape index (κ1) is 10.9. The van der Waals surface area contributed by atoms with Crippen LogP contribution in [0.4, 0.5) is 0 Å². The van der Waals surface area contributed by atoms with Gasteiger partial charge >= 0.3 is 0 Å². The molecular weight excluding hydrogens is 188 g/mol. The average Bonchev–Trinajstić information content (AvgIpc) is 2.27. The minimum Gasteiger partial charge on any atom is -0.358 e. The number of fused-ring (bicyclic) bond motifs is 1. The summed E-state index contributed by atoms with van der Waals surface area (Å²) in [6, 6.07) is 0.120. The topological polar surface area (TPSA) is 32.3 Å². The van der Waals surface area contributed by atoms with E-state index < -0.39 is 0 Å². The molecule has 15 heavy (non-hydrogen) atoms. The number of likely N-dealkylation sites (tertiary alicyclic amines) is 1. The molecule has 3 atom stereocenters. The third kappa shape index (κ3) is 2.17. The van der Waals surface area contributed by atoms with Crippen LogP contribution >= 0.6 is 0 Å². The minimum atomic E-state index is 0.120. The summed E-state index contributed by atoms with van der Waals surface area (Å²) in [5.74, 6) is 1.85. The molecule has 2 fully saturated rings. The van der Waals surface area contributed by atoms with Gasteiger partial charge in [0.2, 0.25) is 5.91 Å². The molecule has 2 aliphatic rings. The van der Waals surface area contributed by atoms with Gasteiger partial charge in [0.1, 0.15) is 0 Å². The Balaban J connectivity index is 2.01. The lowest BCUT2D eigenvalue weighted by Gasteiger charge is -2.43. The van der Waals surface area contributed by atoms with Crippen molar-refractivity contribution in [3.05, 3.63) is 0 Å². The summed E-state index contributed by atoms with van der Waals surface area (Å²) in [6.45, 7) is 1.11. The summed E-state index contributed by atoms with van der Waals surface area (Å²) in [7, 11) is 3.83. The van der Waals surface area contributed by atoms with Crippen molar-refractivity contribution in [3.63, 3.8) is 0 Å². The number of nitrogens with one attached hydrogen (secondary N) is 1. The normalized spacial score (nSPS) is 37.1. The highest BCUT2D eigenvalue weighted by Gasteiger charge is 2.37. The van der Waals surface area contributed by atoms with E-state index >= 15 is 0 Å². The number of amides is 1. The van der Waals surface area contributed by atoms with Crippen LogP contribution in [0.25, 0.3) is 0 Å². The van der Waals surface area contributed by atoms with Crippen molar-refractivity contribution in [1.82, 2.24) is 10.2 Å². The fourth-order valence-electron chi connectivity index (χ4n) is 3.27. The van der Waals surface area contributed by atoms with E-state index in [1.54, 1.807) is 7.05 Å². The molecular formula is C12H22N2O. The summed E-state index contributed by atoms with van der Waals surface area (Å²) in [6.07, 6.45) is 6.54. The Hall–Kier alpha value is -0.570. The smallest absolute Gasteiger partial charge is 0.237 e. The molecule has 1 amide bonds. The van der Waals surface area contributed by atoms with Gasteiger partial charge in [0, 0.05) is 13.6 Å². The summed E-state index contributed by atoms with van der Waals surface area (Å²) < 4.78 is 0. The van der Waals surface area contributed by atoms with Crippen LogP contribution in [0.3, 0.4) is 0 Å². The molecule has 1 aliphatic carbocycles. The van der Waals surface area contributed by atoms with E-state index in [2.05, 4.69) is 17.3 Å². The van der Waals surface area contributed by atoms with Gasteiger partial charge in [-0.15, -0.1) is 0 Å². The highest BCUT2D eigenvalue weighted by Crippen LogP contribution is 2.37. The number of hydrogen-bond donors (Lipinski definition) is 1. The SMILES string of the molecule is CNC(=O)[C@@H]1C[C@@H]2CCCCC2CN1C. The molecule has 1 saturated heterocycles. The van der Waals surface area contributed by atoms with E-state index in [-0.39, 0.29) is 11.9 Å². The Morgan fingerprint density at radius 2 is 1.93 bits per heavy atom. The number of carbonyl (C=O) groups is 1. The van der Waals surface area contributed by atoms with Crippen LogP contribution < -0.4 is 5.32 Å². The van der Waals surface area contributed by atoms with Crippen LogP contribution in [0.1, 0.15) is 32.1 Å². The van der Waals surface area contributed by atoms with Crippen molar-refractivity contribution in [2.75, 3.05) is 20.6 Å². The molecule has 1 aliphatic heterocycles. The van der Waals surface area contributed by atoms with Crippen LogP contribution in [-0.4, -0.2) is 37.5 Å². The highest BCUT2D eigenvalue weighted by molar-refractivity contribution is 5.81. The van der Waals surface area contributed by atoms with Gasteiger partial charge in [-0.05, 0) is 31.7 Å². The van der Waals surface area contributed by atoms with Crippen LogP contribution in [0.2, 0.25) is 0 Å². The second kappa shape index (κ2) is 4.52. The molecule has 0 bridgehead atoms. The molecule has 1 unspecified atom stereocenters. The zero-order chi connectivity index (χ0) is 10.8. The number of piperidine rings is 1. The molecule has 0 aromatic heterocycles. The van der Waals surface area contributed by atoms with Gasteiger partial charge in [0.15, 0.2) is 0 Å². The average molecular weight is 210 g/mol. The maximum Gasteiger partial charge on any atom is 0.237 e. The fraction of sp³-hybridized carbons (Fsp3) is 0.917. The molecule has 1 saturated carbocycles. The van der Waals surface area contributed by atoms with Gasteiger partial charge in [0.05, 0.1) is 6.04 Å². The Labute approximate surface area is 92.2 Å². The van der Waals surface area contributed by atoms with E-state index in [4.69, 9.17) is 0 Å². The van der Waals surface area contributed by atoms with Crippen LogP contribution in [0.5, 0.6) is 0 Å². The van der Waals surface area contributed by atoms with Crippen LogP contribution in [0.15, 0.2) is 0 Å². The molecule has 0 aromatic carbocycles. The maximum absolute atomic E-state index is 11.7. The Bertz CT molecular complexity index is 242. The number of rotatable bonds is 1. The number of likely N-dealkylation sites (N-methyl/N-ethyl adjacent to an activating group) is 2. The van der Waals surface area contributed by atoms with Gasteiger partial charge < -0.3 is 5.32 Å². The molecule has 1 heterocycles. The third-order valence-electron chi connectivity index (χ3n) is 4.20. The van der Waals surface area contributed by atoms with E-state index in [0.717, 1.165) is 24.8 Å². The molecule has 0 radical (unpaired) electrons. The van der Waals surface area contributed by atoms with Crippen molar-refractivity contribution in [1.29, 1.82) is 0 Å². The van der Waals surface area contributed by atoms with Crippen molar-refractivity contribution >= 4 is 5.91 Å². The van der Waals surface area contributed by atoms with E-state index in [1.807, 2.05) is 0 Å². The number of carbonyl (C=O) groups excluding carboxylic acids is 1. The molecule has 86 valence electrons. The monoisotopic (exact) mass is 210 g/mol. The minimum absolute atomic E-state index is 0.120. The van der Waals surface area contributed by atoms with Gasteiger partial charge in [-0.25, -0.2) is 0 Å². The van der Waals surface area contributed by atoms with Crippen LogP contribution in [-0.2, 0) is 4.79 Å². The Kier molecular flexibility index (Phi) is 3.29. The number of nitrogens with zero attached hydrogens (tertiary/aromatic N) is 1. The van der Waals surface area contributed by atoms with Crippen LogP contribution in [0, 0.1) is 11.8 Å². The Morgan fingerprint density at radius 1 is 1.27 bits per heavy atom. The molecule has 3 heteroatoms. The zero-order valence-electron chi connectivity index (χ0n) is 9.83. The van der Waals surface area contributed by atoms with Crippen molar-refractivity contribution < 1.29 is 4.79 Å². The van der Waals surface area contributed by atoms with Crippen molar-refractivity contribution in [3.8, 4) is 0 Å². The lowest BCUT2D eigenvalue weighted by molar-refractivity contribution is -0.128. The first-order chi connectivity index (χ1) is 7.22. The summed E-state index contributed by atoms with van der Waals surface area (Å²) in [5, 5.41) is 2.78. The lowest BCUT2D eigenvalue weighted by Crippen LogP contribution is -2.52. The molecule has 2 rings (SSSR count). The standard InChI is InChI=1S/C12H22N2O/c1-13-12(15)11-7-9-5-3-4-6-10(9)8-14(11)2/h9-11H,3-8H2,1-2H3,(H,13,15)/t9-,10?,11-/m0/s1. The lowest BCUT2D eigenvalue weighted by atomic mass is 9.73. The van der Waals surface area contributed by atoms with E-state index in [0.29, 0.717) is 0 Å². The predicted molar refractivity (Wildman–Crippen MR) is 60.5 cm³/mol. The van der Waals surface area contributed by atoms with Gasteiger partial charge in [-0.1, -0.05) is 19.3 Å². The summed E-state index contributed by atoms with van der Waals surface area (Å²) >= 11 is 0. The second-order valence-electron chi connectivity index (χ2n) is 5.11. The largest absolute Gasteiger partial charge is 0.358 e. The Morgan fingerprint density at radius 3 is 2.60 bits per heavy atom. The van der Waals surface area contributed by atoms with Gasteiger partial charge in [-0.3, -0.25) is 9.69 Å². The first-order valence-electron chi connectivity index (χ1n) is 6.14. The zero-order valence-corrected chi connectivity index (χ0v) is 9.83. The van der Waals surface area contributed by atoms with Crippen molar-refractivity contribution in [2.45, 2.75) is 38.1 Å². The molecule has 3 nitrogen and oxygen atoms in total. The molecule has 1 N–H and O–H groups in total. The maximum atomic E-state index is 11.7. The van der Waals surface area contributed by atoms with Gasteiger partial charge in [0.25, 0.3) is 0 Å². The molecule has 0 aromatic rings. The van der Waals surface area contributed by atoms with Gasteiger partial charge in [-0.2, -0.15) is 0 Å². The van der Waals surface area contributed by atoms with Crippen molar-refractivity contribution in [2.24, 2.45) is 11.8 Å². The summed E-state index contributed by atoms with van der Waals surface area (Å²) in [4.78, 5) is 13.9. The van der Waals surface area contributed by atoms with E-state index in [1.165, 1.54) is 25.7 Å². The highest BCUT2D eigenvalue weighted by atomic mass is 16.2. The fourth-order valence-corrected chi connectivity index (χ4v) is 3.27. The third-order valence-corrected chi connectivity index (χ3v) is 4.20. The quantitative estimate of drug-likeness (QED) is 0.706.